The van der Waals surface area contributed by atoms with Crippen molar-refractivity contribution in [2.24, 2.45) is 0 Å². The summed E-state index contributed by atoms with van der Waals surface area (Å²) in [6.45, 7) is 17.6. The lowest BCUT2D eigenvalue weighted by Crippen LogP contribution is -2.31. The number of nitrogens with zero attached hydrogens (tertiary/aromatic N) is 2. The highest BCUT2D eigenvalue weighted by atomic mass is 16.2. The van der Waals surface area contributed by atoms with Crippen LogP contribution in [0.3, 0.4) is 0 Å². The van der Waals surface area contributed by atoms with Crippen molar-refractivity contribution in [3.8, 4) is 0 Å². The summed E-state index contributed by atoms with van der Waals surface area (Å²) in [5.41, 5.74) is 3.92. The molecule has 0 aliphatic carbocycles. The number of anilines is 2. The Morgan fingerprint density at radius 1 is 0.373 bits per heavy atom. The Balaban J connectivity index is 1.64. The first-order valence-electron chi connectivity index (χ1n) is 24.7. The maximum atomic E-state index is 12.6. The third-order valence-electron chi connectivity index (χ3n) is 11.5. The van der Waals surface area contributed by atoms with Gasteiger partial charge in [0.15, 0.2) is 0 Å². The summed E-state index contributed by atoms with van der Waals surface area (Å²) >= 11 is 0. The zero-order valence-electron chi connectivity index (χ0n) is 38.7. The van der Waals surface area contributed by atoms with Crippen LogP contribution in [0.1, 0.15) is 193 Å². The molecule has 2 rings (SSSR count). The normalized spacial score (nSPS) is 11.4. The fourth-order valence-electron chi connectivity index (χ4n) is 7.75. The number of carbonyl (C=O) groups is 2. The van der Waals surface area contributed by atoms with E-state index >= 15 is 0 Å². The predicted octanol–water partition coefficient (Wildman–Crippen LogP) is 13.6. The average Bonchev–Trinajstić information content (AvgIpc) is 3.23. The number of rotatable bonds is 38. The predicted molar refractivity (Wildman–Crippen MR) is 256 cm³/mol. The van der Waals surface area contributed by atoms with Crippen LogP contribution in [0.15, 0.2) is 48.5 Å². The molecule has 0 saturated carbocycles. The van der Waals surface area contributed by atoms with Crippen LogP contribution in [-0.4, -0.2) is 74.2 Å². The second-order valence-corrected chi connectivity index (χ2v) is 17.1. The molecule has 2 aromatic carbocycles. The largest absolute Gasteiger partial charge is 0.338 e. The third-order valence-corrected chi connectivity index (χ3v) is 11.5. The highest BCUT2D eigenvalue weighted by Gasteiger charge is 2.09. The molecular weight excluding hydrogens is 729 g/mol. The number of urea groups is 2. The Bertz CT molecular complexity index is 1140. The van der Waals surface area contributed by atoms with Gasteiger partial charge in [0.25, 0.3) is 0 Å². The Morgan fingerprint density at radius 3 is 0.932 bits per heavy atom. The molecule has 8 nitrogen and oxygen atoms in total. The molecule has 0 atom stereocenters. The maximum Gasteiger partial charge on any atom is 0.319 e. The Kier molecular flexibility index (Phi) is 32.4. The minimum atomic E-state index is -0.146. The minimum absolute atomic E-state index is 0.146. The van der Waals surface area contributed by atoms with E-state index in [2.05, 4.69) is 83.0 Å². The molecule has 0 heterocycles. The van der Waals surface area contributed by atoms with E-state index in [0.29, 0.717) is 13.1 Å². The quantitative estimate of drug-likeness (QED) is 0.0508. The van der Waals surface area contributed by atoms with Gasteiger partial charge in [-0.1, -0.05) is 155 Å². The van der Waals surface area contributed by atoms with Crippen molar-refractivity contribution in [3.05, 3.63) is 59.7 Å². The van der Waals surface area contributed by atoms with Gasteiger partial charge in [-0.2, -0.15) is 0 Å². The van der Waals surface area contributed by atoms with Gasteiger partial charge in [-0.3, -0.25) is 0 Å². The Labute approximate surface area is 363 Å². The number of benzene rings is 2. The van der Waals surface area contributed by atoms with Crippen molar-refractivity contribution < 1.29 is 9.59 Å². The molecule has 8 heteroatoms. The fraction of sp³-hybridized carbons (Fsp3) is 0.725. The second-order valence-electron chi connectivity index (χ2n) is 17.1. The van der Waals surface area contributed by atoms with Crippen LogP contribution in [0, 0.1) is 0 Å². The van der Waals surface area contributed by atoms with E-state index in [1.54, 1.807) is 0 Å². The smallest absolute Gasteiger partial charge is 0.319 e. The summed E-state index contributed by atoms with van der Waals surface area (Å²) in [6.07, 6.45) is 31.6. The van der Waals surface area contributed by atoms with Crippen molar-refractivity contribution in [2.45, 2.75) is 188 Å². The first-order valence-corrected chi connectivity index (χ1v) is 24.7. The van der Waals surface area contributed by atoms with E-state index in [4.69, 9.17) is 0 Å². The SMILES string of the molecule is CCCCCCCN(CCCCCCC)CCCCNC(=O)Nc1ccc(Cc2ccc(NC(=O)NCCCCN(CCCCCCC)CCCCCCC)cc2)cc1. The highest BCUT2D eigenvalue weighted by molar-refractivity contribution is 5.89. The van der Waals surface area contributed by atoms with E-state index in [-0.39, 0.29) is 12.1 Å². The summed E-state index contributed by atoms with van der Waals surface area (Å²) in [7, 11) is 0. The molecule has 0 spiro atoms. The van der Waals surface area contributed by atoms with Gasteiger partial charge in [0.1, 0.15) is 0 Å². The van der Waals surface area contributed by atoms with Crippen LogP contribution in [0.4, 0.5) is 21.0 Å². The summed E-state index contributed by atoms with van der Waals surface area (Å²) in [5.74, 6) is 0. The summed E-state index contributed by atoms with van der Waals surface area (Å²) in [5, 5.41) is 12.1. The van der Waals surface area contributed by atoms with Crippen LogP contribution >= 0.6 is 0 Å². The molecular formula is C51H90N6O2. The number of carbonyl (C=O) groups excluding carboxylic acids is 2. The zero-order valence-corrected chi connectivity index (χ0v) is 38.7. The maximum absolute atomic E-state index is 12.6. The second kappa shape index (κ2) is 36.7. The van der Waals surface area contributed by atoms with Crippen molar-refractivity contribution >= 4 is 23.4 Å². The molecule has 0 aliphatic rings. The molecule has 4 N–H and O–H groups in total. The average molecular weight is 819 g/mol. The van der Waals surface area contributed by atoms with Crippen molar-refractivity contribution in [3.63, 3.8) is 0 Å². The summed E-state index contributed by atoms with van der Waals surface area (Å²) in [6, 6.07) is 15.8. The third kappa shape index (κ3) is 28.9. The molecule has 0 bridgehead atoms. The zero-order chi connectivity index (χ0) is 42.4. The lowest BCUT2D eigenvalue weighted by molar-refractivity contribution is 0.247. The molecule has 336 valence electrons. The molecule has 0 saturated heterocycles. The molecule has 2 aromatic rings. The molecule has 0 fully saturated rings. The summed E-state index contributed by atoms with van der Waals surface area (Å²) in [4.78, 5) is 30.5. The molecule has 59 heavy (non-hydrogen) atoms. The number of amides is 4. The van der Waals surface area contributed by atoms with Gasteiger partial charge in [0.2, 0.25) is 0 Å². The van der Waals surface area contributed by atoms with Crippen molar-refractivity contribution in [2.75, 3.05) is 63.0 Å². The van der Waals surface area contributed by atoms with Gasteiger partial charge in [0.05, 0.1) is 0 Å². The lowest BCUT2D eigenvalue weighted by Gasteiger charge is -2.22. The standard InChI is InChI=1S/C51H90N6O2/c1-5-9-13-17-23-39-56(40-24-18-14-10-6-2)43-27-21-37-52-50(58)54-48-33-29-46(30-34-48)45-47-31-35-49(36-32-47)55-51(59)53-38-22-28-44-57(41-25-19-15-11-7-3)42-26-20-16-12-8-4/h29-36H,5-28,37-45H2,1-4H3,(H2,52,54,58)(H2,53,55,59). The highest BCUT2D eigenvalue weighted by Crippen LogP contribution is 2.17. The van der Waals surface area contributed by atoms with Gasteiger partial charge >= 0.3 is 12.1 Å². The van der Waals surface area contributed by atoms with Gasteiger partial charge in [0, 0.05) is 24.5 Å². The van der Waals surface area contributed by atoms with Crippen LogP contribution in [0.25, 0.3) is 0 Å². The first-order chi connectivity index (χ1) is 29.0. The van der Waals surface area contributed by atoms with E-state index in [1.807, 2.05) is 24.3 Å². The molecule has 0 radical (unpaired) electrons. The van der Waals surface area contributed by atoms with E-state index in [0.717, 1.165) is 56.6 Å². The lowest BCUT2D eigenvalue weighted by atomic mass is 10.0. The van der Waals surface area contributed by atoms with Crippen LogP contribution in [-0.2, 0) is 6.42 Å². The van der Waals surface area contributed by atoms with Crippen LogP contribution in [0.5, 0.6) is 0 Å². The first kappa shape index (κ1) is 52.0. The molecule has 4 amide bonds. The van der Waals surface area contributed by atoms with Crippen molar-refractivity contribution in [1.29, 1.82) is 0 Å². The van der Waals surface area contributed by atoms with Gasteiger partial charge in [-0.25, -0.2) is 9.59 Å². The monoisotopic (exact) mass is 819 g/mol. The topological polar surface area (TPSA) is 88.7 Å². The fourth-order valence-corrected chi connectivity index (χ4v) is 7.75. The van der Waals surface area contributed by atoms with E-state index in [1.165, 1.54) is 166 Å². The van der Waals surface area contributed by atoms with Gasteiger partial charge in [-0.15, -0.1) is 0 Å². The van der Waals surface area contributed by atoms with Gasteiger partial charge < -0.3 is 31.1 Å². The number of hydrogen-bond donors (Lipinski definition) is 4. The molecule has 0 aromatic heterocycles. The van der Waals surface area contributed by atoms with Crippen LogP contribution < -0.4 is 21.3 Å². The number of unbranched alkanes of at least 4 members (excludes halogenated alkanes) is 18. The van der Waals surface area contributed by atoms with E-state index < -0.39 is 0 Å². The Morgan fingerprint density at radius 2 is 0.644 bits per heavy atom. The van der Waals surface area contributed by atoms with E-state index in [9.17, 15) is 9.59 Å². The van der Waals surface area contributed by atoms with Crippen molar-refractivity contribution in [1.82, 2.24) is 20.4 Å². The van der Waals surface area contributed by atoms with Crippen LogP contribution in [0.2, 0.25) is 0 Å². The minimum Gasteiger partial charge on any atom is -0.338 e. The summed E-state index contributed by atoms with van der Waals surface area (Å²) < 4.78 is 0. The van der Waals surface area contributed by atoms with Gasteiger partial charge in [-0.05, 0) is 132 Å². The Hall–Kier alpha value is -3.10. The molecule has 0 aliphatic heterocycles. The molecule has 0 unspecified atom stereocenters. The number of nitrogens with one attached hydrogen (secondary N) is 4. The number of hydrogen-bond acceptors (Lipinski definition) is 4.